The van der Waals surface area contributed by atoms with Gasteiger partial charge in [0, 0.05) is 72.8 Å². The van der Waals surface area contributed by atoms with E-state index in [1.165, 1.54) is 57.0 Å². The van der Waals surface area contributed by atoms with Gasteiger partial charge in [0.1, 0.15) is 48.9 Å². The standard InChI is InChI=1S/C51H72N4O16/c1-29(19-20-42(71-51(61)34(6)62-9)33(5)47(69-35(7)57)30(2)21-22-55(8)28-56)43(64-11)24-44-32(4)41(63-10)17-14-18-45-52-38(26-66-45)49-54-39(27-68-49)50-53-37(25-67-50)48(65-12)31(3)40(59)16-13-15-36(58)23-46(60)70-44/h13-14,16,18,21-22,25-34,36,41-44,47-48,58H,15,17,19-20,23-24H2,1-12H3/b16-13+,18-14?,22-21+. The molecule has 0 aliphatic carbocycles. The fourth-order valence-corrected chi connectivity index (χ4v) is 8.33. The van der Waals surface area contributed by atoms with E-state index >= 15 is 0 Å². The van der Waals surface area contributed by atoms with Crippen LogP contribution >= 0.6 is 0 Å². The summed E-state index contributed by atoms with van der Waals surface area (Å²) in [7, 11) is 7.56. The number of ether oxygens (including phenoxy) is 7. The third-order valence-corrected chi connectivity index (χ3v) is 12.9. The number of amides is 1. The summed E-state index contributed by atoms with van der Waals surface area (Å²) in [4.78, 5) is 78.7. The van der Waals surface area contributed by atoms with E-state index in [1.807, 2.05) is 33.8 Å². The Hall–Kier alpha value is -5.80. The number of methoxy groups -OCH3 is 4. The van der Waals surface area contributed by atoms with Gasteiger partial charge in [-0.05, 0) is 50.7 Å². The number of nitrogens with zero attached hydrogens (tertiary/aromatic N) is 4. The number of fused-ring (bicyclic) bond motifs is 8. The zero-order valence-electron chi connectivity index (χ0n) is 42.9. The number of hydrogen-bond donors (Lipinski definition) is 1. The van der Waals surface area contributed by atoms with Crippen LogP contribution in [0.5, 0.6) is 0 Å². The number of carbonyl (C=O) groups excluding carboxylic acids is 5. The molecule has 13 atom stereocenters. The van der Waals surface area contributed by atoms with E-state index in [9.17, 15) is 29.1 Å². The summed E-state index contributed by atoms with van der Waals surface area (Å²) < 4.78 is 58.1. The molecule has 3 aromatic rings. The summed E-state index contributed by atoms with van der Waals surface area (Å²) >= 11 is 0. The average molecular weight is 997 g/mol. The van der Waals surface area contributed by atoms with Crippen molar-refractivity contribution in [3.05, 3.63) is 60.9 Å². The van der Waals surface area contributed by atoms with E-state index in [1.54, 1.807) is 53.5 Å². The van der Waals surface area contributed by atoms with Gasteiger partial charge in [-0.3, -0.25) is 19.2 Å². The van der Waals surface area contributed by atoms with Crippen molar-refractivity contribution in [2.45, 2.75) is 136 Å². The van der Waals surface area contributed by atoms with Gasteiger partial charge in [-0.15, -0.1) is 0 Å². The fourth-order valence-electron chi connectivity index (χ4n) is 8.33. The highest BCUT2D eigenvalue weighted by molar-refractivity contribution is 5.92. The summed E-state index contributed by atoms with van der Waals surface area (Å²) in [6, 6.07) is 0. The lowest BCUT2D eigenvalue weighted by Gasteiger charge is -2.35. The summed E-state index contributed by atoms with van der Waals surface area (Å²) in [6.45, 7) is 12.1. The smallest absolute Gasteiger partial charge is 0.335 e. The number of carbonyl (C=O) groups is 5. The molecule has 20 nitrogen and oxygen atoms in total. The zero-order valence-corrected chi connectivity index (χ0v) is 42.9. The largest absolute Gasteiger partial charge is 0.462 e. The van der Waals surface area contributed by atoms with Crippen molar-refractivity contribution in [3.63, 3.8) is 0 Å². The lowest BCUT2D eigenvalue weighted by Crippen LogP contribution is -2.41. The maximum absolute atomic E-state index is 13.7. The van der Waals surface area contributed by atoms with Crippen molar-refractivity contribution in [2.24, 2.45) is 29.6 Å². The van der Waals surface area contributed by atoms with E-state index in [-0.39, 0.29) is 60.2 Å². The Balaban J connectivity index is 1.61. The molecule has 0 radical (unpaired) electrons. The van der Waals surface area contributed by atoms with Gasteiger partial charge in [0.2, 0.25) is 24.1 Å². The number of cyclic esters (lactones) is 1. The third kappa shape index (κ3) is 16.9. The Morgan fingerprint density at radius 2 is 1.54 bits per heavy atom. The summed E-state index contributed by atoms with van der Waals surface area (Å²) in [5, 5.41) is 11.0. The molecule has 392 valence electrons. The lowest BCUT2D eigenvalue weighted by molar-refractivity contribution is -0.170. The number of rotatable bonds is 19. The number of aliphatic hydroxyl groups excluding tert-OH is 1. The molecule has 0 spiro atoms. The Bertz CT molecular complexity index is 2250. The molecule has 0 saturated carbocycles. The number of aromatic nitrogens is 3. The topological polar surface area (TPSA) is 252 Å². The molecule has 4 rings (SSSR count). The molecule has 20 heteroatoms. The number of hydrogen-bond acceptors (Lipinski definition) is 19. The molecule has 3 aromatic heterocycles. The van der Waals surface area contributed by atoms with Crippen LogP contribution in [0.25, 0.3) is 29.2 Å². The average Bonchev–Trinajstić information content (AvgIpc) is 4.15. The van der Waals surface area contributed by atoms with Crippen LogP contribution in [-0.4, -0.2) is 133 Å². The fraction of sp³-hybridized carbons (Fsp3) is 0.608. The second-order valence-corrected chi connectivity index (χ2v) is 18.2. The molecule has 6 bridgehead atoms. The number of allylic oxidation sites excluding steroid dienone is 1. The van der Waals surface area contributed by atoms with Crippen molar-refractivity contribution < 1.29 is 75.5 Å². The van der Waals surface area contributed by atoms with Crippen molar-refractivity contribution in [1.29, 1.82) is 0 Å². The molecule has 1 aliphatic heterocycles. The maximum Gasteiger partial charge on any atom is 0.335 e. The number of ketones is 1. The summed E-state index contributed by atoms with van der Waals surface area (Å²) in [6.07, 6.45) is 9.31. The highest BCUT2D eigenvalue weighted by atomic mass is 16.6. The first-order chi connectivity index (χ1) is 33.8. The van der Waals surface area contributed by atoms with Crippen LogP contribution in [0.3, 0.4) is 0 Å². The molecule has 4 heterocycles. The molecular weight excluding hydrogens is 925 g/mol. The second-order valence-electron chi connectivity index (χ2n) is 18.2. The Morgan fingerprint density at radius 1 is 0.859 bits per heavy atom. The molecular formula is C51H72N4O16. The van der Waals surface area contributed by atoms with Crippen LogP contribution in [0, 0.1) is 29.6 Å². The van der Waals surface area contributed by atoms with Gasteiger partial charge in [-0.25, -0.2) is 19.7 Å². The molecule has 0 fully saturated rings. The van der Waals surface area contributed by atoms with Crippen molar-refractivity contribution in [2.75, 3.05) is 35.5 Å². The quantitative estimate of drug-likeness (QED) is 0.0712. The number of oxazole rings is 3. The van der Waals surface area contributed by atoms with Gasteiger partial charge >= 0.3 is 17.9 Å². The molecule has 0 saturated heterocycles. The van der Waals surface area contributed by atoms with E-state index < -0.39 is 84.5 Å². The van der Waals surface area contributed by atoms with Crippen molar-refractivity contribution >= 4 is 36.2 Å². The van der Waals surface area contributed by atoms with E-state index in [4.69, 9.17) is 46.4 Å². The van der Waals surface area contributed by atoms with Gasteiger partial charge in [0.15, 0.2) is 23.3 Å². The monoisotopic (exact) mass is 996 g/mol. The highest BCUT2D eigenvalue weighted by Crippen LogP contribution is 2.33. The Morgan fingerprint density at radius 3 is 2.20 bits per heavy atom. The van der Waals surface area contributed by atoms with Gasteiger partial charge in [0.05, 0.1) is 30.7 Å². The van der Waals surface area contributed by atoms with Crippen LogP contribution in [0.2, 0.25) is 0 Å². The van der Waals surface area contributed by atoms with Crippen LogP contribution < -0.4 is 0 Å². The molecule has 0 aromatic carbocycles. The predicted molar refractivity (Wildman–Crippen MR) is 256 cm³/mol. The Labute approximate surface area is 415 Å². The normalized spacial score (nSPS) is 24.0. The first kappa shape index (κ1) is 57.8. The van der Waals surface area contributed by atoms with E-state index in [2.05, 4.69) is 15.0 Å². The van der Waals surface area contributed by atoms with E-state index in [0.717, 1.165) is 0 Å². The van der Waals surface area contributed by atoms with Gasteiger partial charge in [-0.2, -0.15) is 0 Å². The van der Waals surface area contributed by atoms with Gasteiger partial charge in [-0.1, -0.05) is 52.8 Å². The molecule has 13 unspecified atom stereocenters. The molecule has 71 heavy (non-hydrogen) atoms. The third-order valence-electron chi connectivity index (χ3n) is 12.9. The van der Waals surface area contributed by atoms with Crippen LogP contribution in [0.15, 0.2) is 62.5 Å². The minimum Gasteiger partial charge on any atom is -0.462 e. The first-order valence-corrected chi connectivity index (χ1v) is 23.8. The zero-order chi connectivity index (χ0) is 52.4. The molecule has 1 amide bonds. The predicted octanol–water partition coefficient (Wildman–Crippen LogP) is 7.13. The number of esters is 3. The second kappa shape index (κ2) is 28.3. The van der Waals surface area contributed by atoms with E-state index in [0.29, 0.717) is 37.1 Å². The number of aliphatic hydroxyl groups is 1. The lowest BCUT2D eigenvalue weighted by atomic mass is 9.83. The van der Waals surface area contributed by atoms with Crippen LogP contribution in [-0.2, 0) is 57.1 Å². The van der Waals surface area contributed by atoms with Crippen LogP contribution in [0.1, 0.15) is 105 Å². The first-order valence-electron chi connectivity index (χ1n) is 23.8. The maximum atomic E-state index is 13.7. The van der Waals surface area contributed by atoms with Crippen molar-refractivity contribution in [3.8, 4) is 23.2 Å². The van der Waals surface area contributed by atoms with Crippen LogP contribution in [0.4, 0.5) is 0 Å². The summed E-state index contributed by atoms with van der Waals surface area (Å²) in [5.41, 5.74) is 0.960. The minimum absolute atomic E-state index is 0.0177. The van der Waals surface area contributed by atoms with Crippen molar-refractivity contribution in [1.82, 2.24) is 19.9 Å². The highest BCUT2D eigenvalue weighted by Gasteiger charge is 2.37. The van der Waals surface area contributed by atoms with Gasteiger partial charge < -0.3 is 56.4 Å². The Kier molecular flexibility index (Phi) is 23.0. The van der Waals surface area contributed by atoms with Gasteiger partial charge in [0.25, 0.3) is 0 Å². The SMILES string of the molecule is COC(C)C(=O)OC(CCC(C)C(CC1OC(=O)CC(O)C/C=C/C(=O)C(C)C(OC)c2coc(n2)-c2coc(n2)-c2coc(n2)C=CCC(OC)C1C)OC)C(C)C(OC(C)=O)C(C)/C=C/N(C)C=O. The minimum atomic E-state index is -1.18. The molecule has 1 N–H and O–H groups in total. The summed E-state index contributed by atoms with van der Waals surface area (Å²) in [5.74, 6) is -3.77. The molecule has 1 aliphatic rings.